The number of hydrogen-bond donors (Lipinski definition) is 0. The minimum atomic E-state index is 1.09. The number of benzene rings is 4. The Bertz CT molecular complexity index is 1530. The molecule has 4 aromatic carbocycles. The summed E-state index contributed by atoms with van der Waals surface area (Å²) in [6.07, 6.45) is 4.13. The van der Waals surface area contributed by atoms with E-state index in [4.69, 9.17) is 4.98 Å². The van der Waals surface area contributed by atoms with Crippen molar-refractivity contribution in [2.45, 2.75) is 6.92 Å². The molecule has 0 spiro atoms. The quantitative estimate of drug-likeness (QED) is 0.202. The zero-order valence-corrected chi connectivity index (χ0v) is 15.9. The Balaban J connectivity index is 1.95. The van der Waals surface area contributed by atoms with Gasteiger partial charge in [0, 0.05) is 34.5 Å². The maximum absolute atomic E-state index is 4.98. The maximum atomic E-state index is 4.98. The van der Waals surface area contributed by atoms with Gasteiger partial charge < -0.3 is 0 Å². The predicted molar refractivity (Wildman–Crippen MR) is 117 cm³/mol. The molecular formula is C26H19N2+. The molecule has 0 bridgehead atoms. The van der Waals surface area contributed by atoms with Crippen LogP contribution in [0.25, 0.3) is 54.5 Å². The number of aryl methyl sites for hydroxylation is 2. The Morgan fingerprint density at radius 2 is 1.50 bits per heavy atom. The number of aromatic nitrogens is 2. The molecule has 0 saturated carbocycles. The smallest absolute Gasteiger partial charge is 0.214 e. The first-order valence-electron chi connectivity index (χ1n) is 9.64. The summed E-state index contributed by atoms with van der Waals surface area (Å²) >= 11 is 0. The third-order valence-electron chi connectivity index (χ3n) is 6.00. The molecule has 2 heteroatoms. The lowest BCUT2D eigenvalue weighted by Gasteiger charge is -2.17. The first-order valence-corrected chi connectivity index (χ1v) is 9.64. The number of hydrogen-bond acceptors (Lipinski definition) is 1. The Morgan fingerprint density at radius 3 is 2.32 bits per heavy atom. The van der Waals surface area contributed by atoms with Crippen LogP contribution in [0.5, 0.6) is 0 Å². The molecule has 28 heavy (non-hydrogen) atoms. The predicted octanol–water partition coefficient (Wildman–Crippen LogP) is 5.93. The van der Waals surface area contributed by atoms with E-state index in [1.54, 1.807) is 0 Å². The van der Waals surface area contributed by atoms with Crippen molar-refractivity contribution in [3.8, 4) is 11.3 Å². The average molecular weight is 359 g/mol. The van der Waals surface area contributed by atoms with E-state index in [1.807, 2.05) is 6.20 Å². The van der Waals surface area contributed by atoms with Crippen LogP contribution < -0.4 is 4.57 Å². The Labute approximate surface area is 163 Å². The number of rotatable bonds is 1. The van der Waals surface area contributed by atoms with Gasteiger partial charge in [-0.1, -0.05) is 42.5 Å². The van der Waals surface area contributed by atoms with Gasteiger partial charge in [0.1, 0.15) is 7.05 Å². The zero-order chi connectivity index (χ0) is 18.8. The molecule has 0 N–H and O–H groups in total. The van der Waals surface area contributed by atoms with E-state index in [9.17, 15) is 0 Å². The molecule has 0 aliphatic rings. The van der Waals surface area contributed by atoms with Crippen molar-refractivity contribution in [3.63, 3.8) is 0 Å². The van der Waals surface area contributed by atoms with Gasteiger partial charge in [-0.05, 0) is 46.2 Å². The molecule has 0 fully saturated rings. The summed E-state index contributed by atoms with van der Waals surface area (Å²) in [5.74, 6) is 0. The van der Waals surface area contributed by atoms with E-state index in [-0.39, 0.29) is 0 Å². The minimum Gasteiger partial charge on any atom is -0.255 e. The molecule has 0 saturated heterocycles. The minimum absolute atomic E-state index is 1.09. The molecule has 2 nitrogen and oxygen atoms in total. The van der Waals surface area contributed by atoms with E-state index < -0.39 is 0 Å². The summed E-state index contributed by atoms with van der Waals surface area (Å²) in [5.41, 5.74) is 4.75. The highest BCUT2D eigenvalue weighted by molar-refractivity contribution is 6.34. The van der Waals surface area contributed by atoms with Gasteiger partial charge >= 0.3 is 0 Å². The van der Waals surface area contributed by atoms with Crippen LogP contribution >= 0.6 is 0 Å². The first kappa shape index (κ1) is 15.5. The second-order valence-corrected chi connectivity index (χ2v) is 7.61. The molecule has 0 amide bonds. The molecule has 0 radical (unpaired) electrons. The van der Waals surface area contributed by atoms with E-state index in [0.29, 0.717) is 0 Å². The van der Waals surface area contributed by atoms with Gasteiger partial charge in [0.05, 0.1) is 11.1 Å². The van der Waals surface area contributed by atoms with E-state index in [0.717, 1.165) is 5.52 Å². The van der Waals surface area contributed by atoms with Gasteiger partial charge in [-0.2, -0.15) is 0 Å². The molecule has 2 aromatic heterocycles. The molecule has 0 aliphatic heterocycles. The van der Waals surface area contributed by atoms with Crippen LogP contribution in [-0.4, -0.2) is 4.98 Å². The highest BCUT2D eigenvalue weighted by Crippen LogP contribution is 2.43. The largest absolute Gasteiger partial charge is 0.255 e. The fraction of sp³-hybridized carbons (Fsp3) is 0.0769. The summed E-state index contributed by atoms with van der Waals surface area (Å²) in [5, 5.41) is 9.01. The van der Waals surface area contributed by atoms with E-state index in [1.165, 1.54) is 54.5 Å². The molecule has 0 unspecified atom stereocenters. The normalized spacial score (nSPS) is 11.9. The average Bonchev–Trinajstić information content (AvgIpc) is 2.73. The molecule has 6 aromatic rings. The summed E-state index contributed by atoms with van der Waals surface area (Å²) in [6.45, 7) is 2.20. The van der Waals surface area contributed by atoms with Crippen molar-refractivity contribution in [1.82, 2.24) is 4.98 Å². The van der Waals surface area contributed by atoms with Gasteiger partial charge in [0.25, 0.3) is 0 Å². The second kappa shape index (κ2) is 5.49. The maximum Gasteiger partial charge on any atom is 0.214 e. The van der Waals surface area contributed by atoms with Gasteiger partial charge in [0.2, 0.25) is 5.69 Å². The summed E-state index contributed by atoms with van der Waals surface area (Å²) < 4.78 is 2.18. The van der Waals surface area contributed by atoms with Crippen LogP contribution in [0.15, 0.2) is 79.1 Å². The lowest BCUT2D eigenvalue weighted by atomic mass is 9.88. The van der Waals surface area contributed by atoms with Crippen molar-refractivity contribution in [2.24, 2.45) is 7.05 Å². The zero-order valence-electron chi connectivity index (χ0n) is 15.9. The molecule has 0 atom stereocenters. The monoisotopic (exact) mass is 359 g/mol. The van der Waals surface area contributed by atoms with E-state index in [2.05, 4.69) is 91.5 Å². The summed E-state index contributed by atoms with van der Waals surface area (Å²) in [6, 6.07) is 24.0. The Hall–Kier alpha value is -3.52. The number of nitrogens with zero attached hydrogens (tertiary/aromatic N) is 2. The van der Waals surface area contributed by atoms with Crippen molar-refractivity contribution in [2.75, 3.05) is 0 Å². The number of fused-ring (bicyclic) bond motifs is 3. The van der Waals surface area contributed by atoms with Gasteiger partial charge in [0.15, 0.2) is 6.20 Å². The molecule has 0 aliphatic carbocycles. The summed E-state index contributed by atoms with van der Waals surface area (Å²) in [4.78, 5) is 4.98. The van der Waals surface area contributed by atoms with Crippen molar-refractivity contribution in [1.29, 1.82) is 0 Å². The molecule has 2 heterocycles. The molecular weight excluding hydrogens is 340 g/mol. The fourth-order valence-corrected chi connectivity index (χ4v) is 4.77. The Kier molecular flexibility index (Phi) is 3.05. The Morgan fingerprint density at radius 1 is 0.750 bits per heavy atom. The van der Waals surface area contributed by atoms with Crippen LogP contribution in [-0.2, 0) is 7.05 Å². The summed E-state index contributed by atoms with van der Waals surface area (Å²) in [7, 11) is 2.10. The van der Waals surface area contributed by atoms with Crippen LogP contribution in [0.4, 0.5) is 0 Å². The van der Waals surface area contributed by atoms with Crippen LogP contribution in [0.1, 0.15) is 5.56 Å². The van der Waals surface area contributed by atoms with Crippen LogP contribution in [0.3, 0.4) is 0 Å². The van der Waals surface area contributed by atoms with Crippen molar-refractivity contribution in [3.05, 3.63) is 84.7 Å². The highest BCUT2D eigenvalue weighted by atomic mass is 14.9. The number of pyridine rings is 2. The van der Waals surface area contributed by atoms with Gasteiger partial charge in [-0.15, -0.1) is 0 Å². The van der Waals surface area contributed by atoms with Crippen molar-refractivity contribution >= 4 is 43.2 Å². The van der Waals surface area contributed by atoms with Gasteiger partial charge in [-0.3, -0.25) is 4.98 Å². The van der Waals surface area contributed by atoms with Crippen LogP contribution in [0, 0.1) is 6.92 Å². The lowest BCUT2D eigenvalue weighted by molar-refractivity contribution is -0.660. The highest BCUT2D eigenvalue weighted by Gasteiger charge is 2.21. The van der Waals surface area contributed by atoms with E-state index >= 15 is 0 Å². The third kappa shape index (κ3) is 1.92. The fourth-order valence-electron chi connectivity index (χ4n) is 4.77. The molecule has 6 rings (SSSR count). The van der Waals surface area contributed by atoms with Crippen molar-refractivity contribution < 1.29 is 4.57 Å². The van der Waals surface area contributed by atoms with Crippen LogP contribution in [0.2, 0.25) is 0 Å². The van der Waals surface area contributed by atoms with Gasteiger partial charge in [-0.25, -0.2) is 4.57 Å². The SMILES string of the molecule is Cc1cc2c3ccccc3c3cccc4cnc(c1-c1cccc[n+]1C)c2c43. The topological polar surface area (TPSA) is 16.8 Å². The lowest BCUT2D eigenvalue weighted by Crippen LogP contribution is -2.30. The molecule has 132 valence electrons. The first-order chi connectivity index (χ1) is 13.7. The third-order valence-corrected chi connectivity index (χ3v) is 6.00. The second-order valence-electron chi connectivity index (χ2n) is 7.61. The standard InChI is InChI=1S/C26H19N2/c1-16-14-21-19-10-4-3-9-18(19)20-11-7-8-17-15-27-26(25(21)24(17)20)23(16)22-12-5-6-13-28(22)2/h3-15H,1-2H3/q+1.